The van der Waals surface area contributed by atoms with E-state index in [0.29, 0.717) is 30.2 Å². The van der Waals surface area contributed by atoms with Gasteiger partial charge in [0.15, 0.2) is 0 Å². The van der Waals surface area contributed by atoms with E-state index in [1.54, 1.807) is 4.68 Å². The van der Waals surface area contributed by atoms with Gasteiger partial charge in [-0.3, -0.25) is 4.98 Å². The maximum Gasteiger partial charge on any atom is 0.428 e. The van der Waals surface area contributed by atoms with Crippen LogP contribution in [0.15, 0.2) is 47.3 Å². The van der Waals surface area contributed by atoms with Gasteiger partial charge >= 0.3 is 11.6 Å². The molecule has 9 heteroatoms. The summed E-state index contributed by atoms with van der Waals surface area (Å²) in [6.45, 7) is 2.80. The number of aromatic amines is 1. The second-order valence-electron chi connectivity index (χ2n) is 8.38. The van der Waals surface area contributed by atoms with Crippen molar-refractivity contribution < 1.29 is 14.2 Å². The van der Waals surface area contributed by atoms with E-state index in [1.165, 1.54) is 4.40 Å². The summed E-state index contributed by atoms with van der Waals surface area (Å²) in [5.74, 6) is 0.102. The third-order valence-electron chi connectivity index (χ3n) is 5.98. The molecule has 9 nitrogen and oxygen atoms in total. The van der Waals surface area contributed by atoms with E-state index < -0.39 is 0 Å². The van der Waals surface area contributed by atoms with E-state index in [1.807, 2.05) is 49.4 Å². The number of ether oxygens (including phenoxy) is 1. The van der Waals surface area contributed by atoms with Crippen LogP contribution in [0.5, 0.6) is 0 Å². The van der Waals surface area contributed by atoms with E-state index >= 15 is 0 Å². The highest BCUT2D eigenvalue weighted by molar-refractivity contribution is 5.88. The third-order valence-corrected chi connectivity index (χ3v) is 5.98. The molecule has 170 valence electrons. The molecule has 1 aromatic carbocycles. The Kier molecular flexibility index (Phi) is 5.65. The predicted molar refractivity (Wildman–Crippen MR) is 123 cm³/mol. The Morgan fingerprint density at radius 3 is 2.76 bits per heavy atom. The number of nitrogens with two attached hydrogens (primary N) is 1. The van der Waals surface area contributed by atoms with Crippen molar-refractivity contribution in [2.24, 2.45) is 0 Å². The lowest BCUT2D eigenvalue weighted by atomic mass is 9.99. The highest BCUT2D eigenvalue weighted by Gasteiger charge is 2.27. The van der Waals surface area contributed by atoms with Gasteiger partial charge in [-0.2, -0.15) is 4.68 Å². The smallest absolute Gasteiger partial charge is 0.390 e. The number of aliphatic hydroxyl groups excluding tert-OH is 1. The fraction of sp³-hybridized carbons (Fsp3) is 0.333. The van der Waals surface area contributed by atoms with Crippen LogP contribution in [0.2, 0.25) is 0 Å². The SMILES string of the molecule is Cc1cc(-c2c(-c3ccccc3)nc(N)[n+]3c(=O)n(CC4CCCCO4)[nH]c23)cc(CO)n1. The summed E-state index contributed by atoms with van der Waals surface area (Å²) >= 11 is 0. The zero-order chi connectivity index (χ0) is 22.9. The quantitative estimate of drug-likeness (QED) is 0.402. The average molecular weight is 448 g/mol. The van der Waals surface area contributed by atoms with Crippen LogP contribution in [0.4, 0.5) is 5.95 Å². The van der Waals surface area contributed by atoms with Crippen LogP contribution in [0, 0.1) is 6.92 Å². The average Bonchev–Trinajstić information content (AvgIpc) is 3.15. The van der Waals surface area contributed by atoms with Gasteiger partial charge < -0.3 is 15.6 Å². The highest BCUT2D eigenvalue weighted by atomic mass is 16.5. The molecule has 5 rings (SSSR count). The van der Waals surface area contributed by atoms with E-state index in [-0.39, 0.29) is 24.3 Å². The van der Waals surface area contributed by atoms with Crippen LogP contribution in [-0.2, 0) is 17.9 Å². The van der Waals surface area contributed by atoms with Gasteiger partial charge in [0.05, 0.1) is 24.0 Å². The maximum absolute atomic E-state index is 13.3. The lowest BCUT2D eigenvalue weighted by molar-refractivity contribution is -0.516. The Hall–Kier alpha value is -3.56. The minimum Gasteiger partial charge on any atom is -0.390 e. The van der Waals surface area contributed by atoms with Crippen molar-refractivity contribution in [3.63, 3.8) is 0 Å². The van der Waals surface area contributed by atoms with Crippen LogP contribution in [-0.4, -0.2) is 37.6 Å². The molecule has 1 saturated heterocycles. The normalized spacial score (nSPS) is 16.4. The van der Waals surface area contributed by atoms with Crippen molar-refractivity contribution in [1.29, 1.82) is 0 Å². The summed E-state index contributed by atoms with van der Waals surface area (Å²) < 4.78 is 8.79. The van der Waals surface area contributed by atoms with Crippen molar-refractivity contribution in [3.8, 4) is 22.4 Å². The fourth-order valence-corrected chi connectivity index (χ4v) is 4.47. The van der Waals surface area contributed by atoms with Crippen LogP contribution < -0.4 is 15.8 Å². The number of nitrogens with one attached hydrogen (secondary N) is 1. The molecular formula is C24H27N6O3+. The molecule has 1 unspecified atom stereocenters. The second kappa shape index (κ2) is 8.76. The molecule has 0 spiro atoms. The number of nitrogens with zero attached hydrogens (tertiary/aromatic N) is 4. The van der Waals surface area contributed by atoms with Crippen LogP contribution in [0.25, 0.3) is 28.0 Å². The standard InChI is InChI=1S/C24H26N6O3/c1-15-11-17(12-18(14-31)26-15)20-21(16-7-3-2-4-8-16)27-23(25)30-22(20)28-29(24(30)32)13-19-9-5-6-10-33-19/h2-4,7-8,11-12,19,31H,5-6,9-10,13-14H2,1H3,(H2,25,26,27,28)/p+1. The Morgan fingerprint density at radius 2 is 2.03 bits per heavy atom. The molecule has 0 saturated carbocycles. The van der Waals surface area contributed by atoms with Crippen LogP contribution >= 0.6 is 0 Å². The number of aromatic nitrogens is 5. The fourth-order valence-electron chi connectivity index (χ4n) is 4.47. The molecule has 1 fully saturated rings. The summed E-state index contributed by atoms with van der Waals surface area (Å²) in [6.07, 6.45) is 3.01. The van der Waals surface area contributed by atoms with Gasteiger partial charge in [-0.15, -0.1) is 9.38 Å². The summed E-state index contributed by atoms with van der Waals surface area (Å²) in [5.41, 5.74) is 10.9. The summed E-state index contributed by atoms with van der Waals surface area (Å²) in [5, 5.41) is 13.0. The van der Waals surface area contributed by atoms with E-state index in [4.69, 9.17) is 10.5 Å². The monoisotopic (exact) mass is 447 g/mol. The minimum atomic E-state index is -0.293. The molecule has 4 aromatic rings. The highest BCUT2D eigenvalue weighted by Crippen LogP contribution is 2.33. The van der Waals surface area contributed by atoms with Crippen LogP contribution in [0.1, 0.15) is 30.7 Å². The third kappa shape index (κ3) is 4.01. The van der Waals surface area contributed by atoms with Crippen molar-refractivity contribution in [2.75, 3.05) is 12.3 Å². The number of nitrogen functional groups attached to an aromatic ring is 1. The van der Waals surface area contributed by atoms with E-state index in [9.17, 15) is 9.90 Å². The molecule has 4 N–H and O–H groups in total. The maximum atomic E-state index is 13.3. The molecule has 0 bridgehead atoms. The number of fused-ring (bicyclic) bond motifs is 1. The van der Waals surface area contributed by atoms with Gasteiger partial charge in [0.25, 0.3) is 0 Å². The Labute approximate surface area is 190 Å². The zero-order valence-corrected chi connectivity index (χ0v) is 18.5. The number of hydrogen-bond acceptors (Lipinski definition) is 6. The van der Waals surface area contributed by atoms with Crippen LogP contribution in [0.3, 0.4) is 0 Å². The Bertz CT molecular complexity index is 1360. The molecular weight excluding hydrogens is 420 g/mol. The number of anilines is 1. The van der Waals surface area contributed by atoms with Gasteiger partial charge in [-0.25, -0.2) is 9.89 Å². The first-order valence-electron chi connectivity index (χ1n) is 11.1. The van der Waals surface area contributed by atoms with E-state index in [2.05, 4.69) is 15.1 Å². The van der Waals surface area contributed by atoms with Gasteiger partial charge in [0.1, 0.15) is 12.2 Å². The number of hydrogen-bond donors (Lipinski definition) is 3. The van der Waals surface area contributed by atoms with Crippen molar-refractivity contribution >= 4 is 11.6 Å². The molecule has 4 heterocycles. The first-order valence-corrected chi connectivity index (χ1v) is 11.1. The molecule has 0 amide bonds. The molecule has 0 radical (unpaired) electrons. The van der Waals surface area contributed by atoms with E-state index in [0.717, 1.165) is 41.6 Å². The summed E-state index contributed by atoms with van der Waals surface area (Å²) in [4.78, 5) is 22.3. The number of H-pyrrole nitrogens is 1. The Balaban J connectivity index is 1.77. The van der Waals surface area contributed by atoms with Gasteiger partial charge in [-0.05, 0) is 43.9 Å². The Morgan fingerprint density at radius 1 is 1.21 bits per heavy atom. The first kappa shape index (κ1) is 21.3. The molecule has 1 aliphatic rings. The van der Waals surface area contributed by atoms with Gasteiger partial charge in [0, 0.05) is 17.9 Å². The lowest BCUT2D eigenvalue weighted by Crippen LogP contribution is -2.45. The van der Waals surface area contributed by atoms with Gasteiger partial charge in [0.2, 0.25) is 5.65 Å². The van der Waals surface area contributed by atoms with Crippen molar-refractivity contribution in [1.82, 2.24) is 19.7 Å². The van der Waals surface area contributed by atoms with Crippen molar-refractivity contribution in [2.45, 2.75) is 45.4 Å². The number of benzene rings is 1. The first-order chi connectivity index (χ1) is 16.0. The zero-order valence-electron chi connectivity index (χ0n) is 18.5. The largest absolute Gasteiger partial charge is 0.428 e. The lowest BCUT2D eigenvalue weighted by Gasteiger charge is -2.20. The van der Waals surface area contributed by atoms with Gasteiger partial charge in [-0.1, -0.05) is 30.3 Å². The number of rotatable bonds is 5. The number of aryl methyl sites for hydroxylation is 1. The molecule has 33 heavy (non-hydrogen) atoms. The molecule has 0 aliphatic carbocycles. The second-order valence-corrected chi connectivity index (χ2v) is 8.38. The van der Waals surface area contributed by atoms with Crippen molar-refractivity contribution in [3.05, 3.63) is 64.3 Å². The molecule has 1 aliphatic heterocycles. The number of pyridine rings is 1. The predicted octanol–water partition coefficient (Wildman–Crippen LogP) is 1.99. The summed E-state index contributed by atoms with van der Waals surface area (Å²) in [7, 11) is 0. The number of aliphatic hydroxyl groups is 1. The molecule has 1 atom stereocenters. The minimum absolute atomic E-state index is 0.0273. The topological polar surface area (TPSA) is 123 Å². The summed E-state index contributed by atoms with van der Waals surface area (Å²) in [6, 6.07) is 13.4. The molecule has 3 aromatic heterocycles.